The van der Waals surface area contributed by atoms with Crippen LogP contribution in [0.5, 0.6) is 0 Å². The number of carbonyl (C=O) groups excluding carboxylic acids is 2. The molecule has 0 aromatic rings. The van der Waals surface area contributed by atoms with Gasteiger partial charge in [0.1, 0.15) is 5.25 Å². The van der Waals surface area contributed by atoms with Crippen molar-refractivity contribution in [1.29, 1.82) is 0 Å². The second-order valence-corrected chi connectivity index (χ2v) is 17.0. The highest BCUT2D eigenvalue weighted by Gasteiger charge is 2.25. The van der Waals surface area contributed by atoms with Crippen molar-refractivity contribution in [2.75, 3.05) is 39.6 Å². The molecule has 0 radical (unpaired) electrons. The number of allylic oxidation sites excluding steroid dienone is 8. The van der Waals surface area contributed by atoms with Gasteiger partial charge in [0.05, 0.1) is 19.6 Å². The van der Waals surface area contributed by atoms with E-state index in [1.165, 1.54) is 114 Å². The van der Waals surface area contributed by atoms with Gasteiger partial charge in [-0.1, -0.05) is 161 Å². The summed E-state index contributed by atoms with van der Waals surface area (Å²) in [4.78, 5) is 27.8. The molecule has 52 heavy (non-hydrogen) atoms. The van der Waals surface area contributed by atoms with Crippen LogP contribution in [0.15, 0.2) is 48.6 Å². The quantitative estimate of drug-likeness (QED) is 0.0267. The van der Waals surface area contributed by atoms with Gasteiger partial charge in [-0.25, -0.2) is 0 Å². The maximum atomic E-state index is 13.0. The fourth-order valence-electron chi connectivity index (χ4n) is 5.57. The molecule has 0 saturated heterocycles. The van der Waals surface area contributed by atoms with Crippen LogP contribution in [-0.4, -0.2) is 61.7 Å². The summed E-state index contributed by atoms with van der Waals surface area (Å²) in [7, 11) is 7.26. The normalized spacial score (nSPS) is 12.7. The SMILES string of the molecule is CCCCC/C=C\C/C=C\CCCCCCCCOC(=O)CC(SSCCCN(C)C)C(=O)OCCCCCCCC/C=C\C/C=C\CCCCC. The van der Waals surface area contributed by atoms with Crippen molar-refractivity contribution >= 4 is 33.5 Å². The minimum absolute atomic E-state index is 0.0794. The number of nitrogens with zero attached hydrogens (tertiary/aromatic N) is 1. The van der Waals surface area contributed by atoms with E-state index in [9.17, 15) is 9.59 Å². The van der Waals surface area contributed by atoms with E-state index in [0.717, 1.165) is 70.1 Å². The largest absolute Gasteiger partial charge is 0.466 e. The van der Waals surface area contributed by atoms with Gasteiger partial charge >= 0.3 is 11.9 Å². The van der Waals surface area contributed by atoms with E-state index in [4.69, 9.17) is 9.47 Å². The molecule has 0 aliphatic rings. The minimum Gasteiger partial charge on any atom is -0.466 e. The number of hydrogen-bond acceptors (Lipinski definition) is 7. The Hall–Kier alpha value is -1.44. The fraction of sp³-hybridized carbons (Fsp3) is 0.778. The average Bonchev–Trinajstić information content (AvgIpc) is 3.13. The Labute approximate surface area is 330 Å². The summed E-state index contributed by atoms with van der Waals surface area (Å²) in [6, 6.07) is 0. The first-order valence-corrected chi connectivity index (χ1v) is 23.7. The predicted octanol–water partition coefficient (Wildman–Crippen LogP) is 13.8. The lowest BCUT2D eigenvalue weighted by Gasteiger charge is -2.15. The summed E-state index contributed by atoms with van der Waals surface area (Å²) in [6.07, 6.45) is 47.9. The third-order valence-electron chi connectivity index (χ3n) is 8.83. The zero-order valence-electron chi connectivity index (χ0n) is 34.3. The van der Waals surface area contributed by atoms with Gasteiger partial charge < -0.3 is 14.4 Å². The summed E-state index contributed by atoms with van der Waals surface area (Å²) in [6.45, 7) is 6.36. The Bertz CT molecular complexity index is 902. The molecule has 0 rings (SSSR count). The lowest BCUT2D eigenvalue weighted by Crippen LogP contribution is -2.24. The van der Waals surface area contributed by atoms with Crippen molar-refractivity contribution in [2.24, 2.45) is 0 Å². The standard InChI is InChI=1S/C45H81NO4S2/c1-5-7-9-11-13-15-17-19-21-23-25-27-29-31-33-35-39-49-44(47)42-43(52-51-41-37-38-46(3)4)45(48)50-40-36-34-32-30-28-26-24-22-20-18-16-14-12-10-8-6-2/h13-16,19-22,43H,5-12,17-18,23-42H2,1-4H3/b15-13-,16-14-,21-19-,22-20-. The molecule has 0 aromatic carbocycles. The Kier molecular flexibility index (Phi) is 41.1. The number of hydrogen-bond donors (Lipinski definition) is 0. The fourth-order valence-corrected chi connectivity index (χ4v) is 8.00. The van der Waals surface area contributed by atoms with E-state index in [-0.39, 0.29) is 18.4 Å². The minimum atomic E-state index is -0.516. The summed E-state index contributed by atoms with van der Waals surface area (Å²) >= 11 is 0. The van der Waals surface area contributed by atoms with Gasteiger partial charge in [0.2, 0.25) is 0 Å². The number of unbranched alkanes of at least 4 members (excludes halogenated alkanes) is 18. The molecule has 7 heteroatoms. The summed E-state index contributed by atoms with van der Waals surface area (Å²) in [5.74, 6) is 0.360. The molecule has 0 aliphatic carbocycles. The molecule has 0 bridgehead atoms. The van der Waals surface area contributed by atoms with Crippen LogP contribution in [0.1, 0.15) is 181 Å². The van der Waals surface area contributed by atoms with Crippen LogP contribution in [0.3, 0.4) is 0 Å². The Morgan fingerprint density at radius 3 is 1.42 bits per heavy atom. The van der Waals surface area contributed by atoms with E-state index in [1.807, 2.05) is 0 Å². The van der Waals surface area contributed by atoms with Crippen molar-refractivity contribution in [1.82, 2.24) is 4.90 Å². The monoisotopic (exact) mass is 764 g/mol. The van der Waals surface area contributed by atoms with Gasteiger partial charge in [-0.15, -0.1) is 0 Å². The molecule has 0 amide bonds. The highest BCUT2D eigenvalue weighted by Crippen LogP contribution is 2.31. The van der Waals surface area contributed by atoms with E-state index >= 15 is 0 Å². The van der Waals surface area contributed by atoms with Crippen molar-refractivity contribution in [2.45, 2.75) is 186 Å². The summed E-state index contributed by atoms with van der Waals surface area (Å²) in [5, 5.41) is -0.516. The lowest BCUT2D eigenvalue weighted by atomic mass is 10.1. The van der Waals surface area contributed by atoms with Gasteiger partial charge in [0.15, 0.2) is 0 Å². The van der Waals surface area contributed by atoms with E-state index < -0.39 is 5.25 Å². The number of esters is 2. The molecule has 5 nitrogen and oxygen atoms in total. The molecule has 0 aliphatic heterocycles. The number of ether oxygens (including phenoxy) is 2. The van der Waals surface area contributed by atoms with E-state index in [1.54, 1.807) is 10.8 Å². The molecule has 0 saturated carbocycles. The topological polar surface area (TPSA) is 55.8 Å². The molecular weight excluding hydrogens is 683 g/mol. The Morgan fingerprint density at radius 2 is 0.962 bits per heavy atom. The summed E-state index contributed by atoms with van der Waals surface area (Å²) < 4.78 is 11.2. The Morgan fingerprint density at radius 1 is 0.538 bits per heavy atom. The van der Waals surface area contributed by atoms with Gasteiger partial charge in [0.25, 0.3) is 0 Å². The third kappa shape index (κ3) is 39.8. The maximum absolute atomic E-state index is 13.0. The van der Waals surface area contributed by atoms with Crippen LogP contribution < -0.4 is 0 Å². The first kappa shape index (κ1) is 50.6. The second kappa shape index (κ2) is 42.3. The molecule has 0 N–H and O–H groups in total. The van der Waals surface area contributed by atoms with Crippen LogP contribution in [0.25, 0.3) is 0 Å². The average molecular weight is 764 g/mol. The van der Waals surface area contributed by atoms with Crippen LogP contribution in [0.2, 0.25) is 0 Å². The van der Waals surface area contributed by atoms with Crippen LogP contribution in [0.4, 0.5) is 0 Å². The zero-order chi connectivity index (χ0) is 38.0. The number of carbonyl (C=O) groups is 2. The molecule has 0 fully saturated rings. The van der Waals surface area contributed by atoms with Crippen LogP contribution in [0, 0.1) is 0 Å². The van der Waals surface area contributed by atoms with Crippen molar-refractivity contribution in [3.63, 3.8) is 0 Å². The van der Waals surface area contributed by atoms with Gasteiger partial charge in [-0.3, -0.25) is 9.59 Å². The predicted molar refractivity (Wildman–Crippen MR) is 232 cm³/mol. The highest BCUT2D eigenvalue weighted by atomic mass is 33.1. The third-order valence-corrected chi connectivity index (χ3v) is 11.6. The Balaban J connectivity index is 4.08. The first-order chi connectivity index (χ1) is 25.5. The molecule has 0 aromatic heterocycles. The van der Waals surface area contributed by atoms with Crippen molar-refractivity contribution < 1.29 is 19.1 Å². The van der Waals surface area contributed by atoms with Gasteiger partial charge in [-0.05, 0) is 104 Å². The van der Waals surface area contributed by atoms with E-state index in [2.05, 4.69) is 81.5 Å². The smallest absolute Gasteiger partial charge is 0.320 e. The maximum Gasteiger partial charge on any atom is 0.320 e. The number of rotatable bonds is 39. The van der Waals surface area contributed by atoms with Crippen molar-refractivity contribution in [3.8, 4) is 0 Å². The summed E-state index contributed by atoms with van der Waals surface area (Å²) in [5.41, 5.74) is 0. The zero-order valence-corrected chi connectivity index (χ0v) is 35.9. The highest BCUT2D eigenvalue weighted by molar-refractivity contribution is 8.77. The van der Waals surface area contributed by atoms with Crippen LogP contribution >= 0.6 is 21.6 Å². The second-order valence-electron chi connectivity index (χ2n) is 14.3. The van der Waals surface area contributed by atoms with Gasteiger partial charge in [-0.2, -0.15) is 0 Å². The molecular formula is C45H81NO4S2. The van der Waals surface area contributed by atoms with E-state index in [0.29, 0.717) is 13.2 Å². The molecule has 0 heterocycles. The van der Waals surface area contributed by atoms with Gasteiger partial charge in [0, 0.05) is 5.75 Å². The molecule has 1 unspecified atom stereocenters. The lowest BCUT2D eigenvalue weighted by molar-refractivity contribution is -0.149. The molecule has 0 spiro atoms. The van der Waals surface area contributed by atoms with Crippen molar-refractivity contribution in [3.05, 3.63) is 48.6 Å². The molecule has 302 valence electrons. The molecule has 1 atom stereocenters. The first-order valence-electron chi connectivity index (χ1n) is 21.4. The van der Waals surface area contributed by atoms with Crippen LogP contribution in [-0.2, 0) is 19.1 Å².